The highest BCUT2D eigenvalue weighted by Crippen LogP contribution is 2.13. The van der Waals surface area contributed by atoms with Gasteiger partial charge in [0.1, 0.15) is 3.70 Å². The van der Waals surface area contributed by atoms with Crippen molar-refractivity contribution in [3.8, 4) is 0 Å². The third kappa shape index (κ3) is 4.17. The Balaban J connectivity index is 1.91. The van der Waals surface area contributed by atoms with Gasteiger partial charge in [0.25, 0.3) is 5.91 Å². The van der Waals surface area contributed by atoms with Crippen LogP contribution in [0.5, 0.6) is 0 Å². The number of nitrogens with two attached hydrogens (primary N) is 1. The SMILES string of the molecule is Nc1cnc(I)cc1C(=O)NCCc1ccc(C(=O)O)cc1. The standard InChI is InChI=1S/C15H14IN3O3/c16-13-7-11(12(17)8-19-13)14(20)18-6-5-9-1-3-10(4-2-9)15(21)22/h1-4,7-8H,5-6,17H2,(H,18,20)(H,21,22). The van der Waals surface area contributed by atoms with Crippen LogP contribution in [0.3, 0.4) is 0 Å². The predicted octanol–water partition coefficient (Wildman–Crippen LogP) is 1.94. The van der Waals surface area contributed by atoms with Crippen molar-refractivity contribution in [2.75, 3.05) is 12.3 Å². The Morgan fingerprint density at radius 3 is 2.59 bits per heavy atom. The van der Waals surface area contributed by atoms with E-state index in [1.165, 1.54) is 6.20 Å². The molecule has 2 aromatic rings. The number of carboxylic acids is 1. The van der Waals surface area contributed by atoms with E-state index in [0.717, 1.165) is 5.56 Å². The molecule has 0 saturated heterocycles. The number of anilines is 1. The number of amides is 1. The first kappa shape index (κ1) is 16.2. The number of rotatable bonds is 5. The minimum absolute atomic E-state index is 0.243. The minimum atomic E-state index is -0.956. The van der Waals surface area contributed by atoms with Crippen LogP contribution in [0.15, 0.2) is 36.5 Å². The smallest absolute Gasteiger partial charge is 0.335 e. The lowest BCUT2D eigenvalue weighted by Gasteiger charge is -2.08. The zero-order chi connectivity index (χ0) is 16.1. The first-order chi connectivity index (χ1) is 10.5. The molecule has 1 aromatic heterocycles. The summed E-state index contributed by atoms with van der Waals surface area (Å²) in [6.07, 6.45) is 2.06. The van der Waals surface area contributed by atoms with Crippen molar-refractivity contribution in [3.05, 3.63) is 56.9 Å². The van der Waals surface area contributed by atoms with E-state index in [2.05, 4.69) is 10.3 Å². The number of aromatic nitrogens is 1. The van der Waals surface area contributed by atoms with E-state index < -0.39 is 5.97 Å². The van der Waals surface area contributed by atoms with Crippen molar-refractivity contribution in [2.45, 2.75) is 6.42 Å². The van der Waals surface area contributed by atoms with Crippen molar-refractivity contribution in [2.24, 2.45) is 0 Å². The number of carbonyl (C=O) groups excluding carboxylic acids is 1. The summed E-state index contributed by atoms with van der Waals surface area (Å²) >= 11 is 2.02. The molecule has 114 valence electrons. The number of nitrogens with zero attached hydrogens (tertiary/aromatic N) is 1. The molecule has 0 atom stereocenters. The number of hydrogen-bond acceptors (Lipinski definition) is 4. The van der Waals surface area contributed by atoms with Crippen molar-refractivity contribution in [1.29, 1.82) is 0 Å². The fourth-order valence-corrected chi connectivity index (χ4v) is 2.32. The van der Waals surface area contributed by atoms with E-state index in [1.807, 2.05) is 22.6 Å². The molecule has 0 aliphatic rings. The third-order valence-electron chi connectivity index (χ3n) is 3.05. The molecule has 0 radical (unpaired) electrons. The van der Waals surface area contributed by atoms with E-state index in [9.17, 15) is 9.59 Å². The van der Waals surface area contributed by atoms with Crippen molar-refractivity contribution in [1.82, 2.24) is 10.3 Å². The molecule has 7 heteroatoms. The molecule has 2 rings (SSSR count). The first-order valence-corrected chi connectivity index (χ1v) is 7.56. The topological polar surface area (TPSA) is 105 Å². The average molecular weight is 411 g/mol. The molecular weight excluding hydrogens is 397 g/mol. The Hall–Kier alpha value is -2.16. The molecule has 22 heavy (non-hydrogen) atoms. The predicted molar refractivity (Wildman–Crippen MR) is 90.8 cm³/mol. The number of benzene rings is 1. The number of carbonyl (C=O) groups is 2. The molecule has 0 fully saturated rings. The van der Waals surface area contributed by atoms with Crippen LogP contribution in [-0.4, -0.2) is 28.5 Å². The molecule has 0 unspecified atom stereocenters. The van der Waals surface area contributed by atoms with E-state index >= 15 is 0 Å². The Bertz CT molecular complexity index is 702. The Morgan fingerprint density at radius 1 is 1.27 bits per heavy atom. The minimum Gasteiger partial charge on any atom is -0.478 e. The van der Waals surface area contributed by atoms with Crippen LogP contribution in [0, 0.1) is 3.70 Å². The fourth-order valence-electron chi connectivity index (χ4n) is 1.87. The molecule has 6 nitrogen and oxygen atoms in total. The molecule has 0 aliphatic carbocycles. The number of halogens is 1. The summed E-state index contributed by atoms with van der Waals surface area (Å²) in [6.45, 7) is 0.434. The second kappa shape index (κ2) is 7.21. The van der Waals surface area contributed by atoms with Crippen LogP contribution >= 0.6 is 22.6 Å². The number of carboxylic acid groups (broad SMARTS) is 1. The van der Waals surface area contributed by atoms with Gasteiger partial charge in [-0.15, -0.1) is 0 Å². The maximum absolute atomic E-state index is 12.1. The first-order valence-electron chi connectivity index (χ1n) is 6.49. The molecule has 0 aliphatic heterocycles. The van der Waals surface area contributed by atoms with Gasteiger partial charge < -0.3 is 16.2 Å². The lowest BCUT2D eigenvalue weighted by atomic mass is 10.1. The molecule has 1 amide bonds. The lowest BCUT2D eigenvalue weighted by Crippen LogP contribution is -2.26. The Labute approximate surface area is 140 Å². The second-order valence-corrected chi connectivity index (χ2v) is 5.71. The maximum Gasteiger partial charge on any atom is 0.335 e. The summed E-state index contributed by atoms with van der Waals surface area (Å²) in [5.41, 5.74) is 7.67. The van der Waals surface area contributed by atoms with E-state index in [1.54, 1.807) is 30.3 Å². The molecule has 4 N–H and O–H groups in total. The van der Waals surface area contributed by atoms with Gasteiger partial charge in [-0.25, -0.2) is 9.78 Å². The van der Waals surface area contributed by atoms with Crippen LogP contribution in [0.25, 0.3) is 0 Å². The van der Waals surface area contributed by atoms with Gasteiger partial charge >= 0.3 is 5.97 Å². The highest BCUT2D eigenvalue weighted by atomic mass is 127. The van der Waals surface area contributed by atoms with Crippen molar-refractivity contribution >= 4 is 40.2 Å². The van der Waals surface area contributed by atoms with Gasteiger partial charge in [0.15, 0.2) is 0 Å². The second-order valence-electron chi connectivity index (χ2n) is 4.60. The van der Waals surface area contributed by atoms with Crippen LogP contribution in [-0.2, 0) is 6.42 Å². The summed E-state index contributed by atoms with van der Waals surface area (Å²) in [4.78, 5) is 26.8. The zero-order valence-electron chi connectivity index (χ0n) is 11.5. The van der Waals surface area contributed by atoms with Gasteiger partial charge in [-0.2, -0.15) is 0 Å². The molecule has 0 saturated carbocycles. The highest BCUT2D eigenvalue weighted by molar-refractivity contribution is 14.1. The number of aromatic carboxylic acids is 1. The number of nitrogens with one attached hydrogen (secondary N) is 1. The molecule has 0 spiro atoms. The summed E-state index contributed by atoms with van der Waals surface area (Å²) in [5, 5.41) is 11.6. The van der Waals surface area contributed by atoms with Crippen molar-refractivity contribution < 1.29 is 14.7 Å². The molecular formula is C15H14IN3O3. The van der Waals surface area contributed by atoms with Gasteiger partial charge in [-0.3, -0.25) is 4.79 Å². The molecule has 0 bridgehead atoms. The van der Waals surface area contributed by atoms with E-state index in [-0.39, 0.29) is 11.5 Å². The van der Waals surface area contributed by atoms with Gasteiger partial charge in [0.05, 0.1) is 23.0 Å². The molecule has 1 heterocycles. The van der Waals surface area contributed by atoms with Crippen LogP contribution in [0.2, 0.25) is 0 Å². The monoisotopic (exact) mass is 411 g/mol. The van der Waals surface area contributed by atoms with Crippen molar-refractivity contribution in [3.63, 3.8) is 0 Å². The van der Waals surface area contributed by atoms with Crippen LogP contribution < -0.4 is 11.1 Å². The summed E-state index contributed by atoms with van der Waals surface area (Å²) in [6, 6.07) is 8.19. The van der Waals surface area contributed by atoms with Gasteiger partial charge in [-0.05, 0) is 52.8 Å². The Morgan fingerprint density at radius 2 is 1.95 bits per heavy atom. The van der Waals surface area contributed by atoms with E-state index in [4.69, 9.17) is 10.8 Å². The van der Waals surface area contributed by atoms with Gasteiger partial charge in [0.2, 0.25) is 0 Å². The Kier molecular flexibility index (Phi) is 5.31. The van der Waals surface area contributed by atoms with Gasteiger partial charge in [0, 0.05) is 6.54 Å². The van der Waals surface area contributed by atoms with Crippen LogP contribution in [0.4, 0.5) is 5.69 Å². The zero-order valence-corrected chi connectivity index (χ0v) is 13.7. The quantitative estimate of drug-likeness (QED) is 0.515. The maximum atomic E-state index is 12.1. The normalized spacial score (nSPS) is 10.2. The highest BCUT2D eigenvalue weighted by Gasteiger charge is 2.10. The lowest BCUT2D eigenvalue weighted by molar-refractivity contribution is 0.0696. The third-order valence-corrected chi connectivity index (χ3v) is 3.64. The summed E-state index contributed by atoms with van der Waals surface area (Å²) < 4.78 is 0.696. The van der Waals surface area contributed by atoms with Crippen LogP contribution in [0.1, 0.15) is 26.3 Å². The molecule has 1 aromatic carbocycles. The number of nitrogen functional groups attached to an aromatic ring is 1. The number of hydrogen-bond donors (Lipinski definition) is 3. The average Bonchev–Trinajstić information content (AvgIpc) is 2.50. The largest absolute Gasteiger partial charge is 0.478 e. The summed E-state index contributed by atoms with van der Waals surface area (Å²) in [7, 11) is 0. The fraction of sp³-hybridized carbons (Fsp3) is 0.133. The summed E-state index contributed by atoms with van der Waals surface area (Å²) in [5.74, 6) is -1.21. The van der Waals surface area contributed by atoms with Gasteiger partial charge in [-0.1, -0.05) is 12.1 Å². The number of pyridine rings is 1. The van der Waals surface area contributed by atoms with E-state index in [0.29, 0.717) is 27.9 Å².